The highest BCUT2D eigenvalue weighted by atomic mass is 32.1. The Bertz CT molecular complexity index is 1710. The Labute approximate surface area is 227 Å². The van der Waals surface area contributed by atoms with Gasteiger partial charge in [-0.25, -0.2) is 4.99 Å². The summed E-state index contributed by atoms with van der Waals surface area (Å²) in [6.07, 6.45) is 2.51. The number of rotatable bonds is 6. The van der Waals surface area contributed by atoms with E-state index in [1.807, 2.05) is 13.8 Å². The van der Waals surface area contributed by atoms with Gasteiger partial charge in [0, 0.05) is 24.1 Å². The van der Waals surface area contributed by atoms with E-state index in [2.05, 4.69) is 0 Å². The maximum atomic E-state index is 13.9. The molecule has 0 saturated heterocycles. The van der Waals surface area contributed by atoms with Crippen molar-refractivity contribution in [2.45, 2.75) is 32.7 Å². The lowest BCUT2D eigenvalue weighted by Gasteiger charge is -2.35. The maximum Gasteiger partial charge on any atom is 0.271 e. The lowest BCUT2D eigenvalue weighted by Crippen LogP contribution is -2.42. The Balaban J connectivity index is 1.79. The normalized spacial score (nSPS) is 18.2. The summed E-state index contributed by atoms with van der Waals surface area (Å²) in [5.74, 6) is 1.12. The van der Waals surface area contributed by atoms with Crippen LogP contribution in [0.2, 0.25) is 0 Å². The molecule has 1 aliphatic heterocycles. The number of ketones is 1. The molecule has 0 N–H and O–H groups in total. The fourth-order valence-corrected chi connectivity index (χ4v) is 6.22. The lowest BCUT2D eigenvalue weighted by atomic mass is 9.73. The summed E-state index contributed by atoms with van der Waals surface area (Å²) >= 11 is 1.18. The number of carbonyl (C=O) groups excluding carboxylic acids is 1. The fourth-order valence-electron chi connectivity index (χ4n) is 5.20. The van der Waals surface area contributed by atoms with Crippen LogP contribution in [0.3, 0.4) is 0 Å². The molecule has 10 nitrogen and oxygen atoms in total. The predicted octanol–water partition coefficient (Wildman–Crippen LogP) is 3.54. The van der Waals surface area contributed by atoms with Gasteiger partial charge in [0.15, 0.2) is 22.1 Å². The molecule has 1 unspecified atom stereocenters. The number of nitro benzene ring substituents is 1. The number of methoxy groups -OCH3 is 3. The van der Waals surface area contributed by atoms with Gasteiger partial charge in [0.1, 0.15) is 0 Å². The van der Waals surface area contributed by atoms with Gasteiger partial charge < -0.3 is 14.2 Å². The number of carbonyl (C=O) groups is 1. The van der Waals surface area contributed by atoms with Crippen molar-refractivity contribution in [2.75, 3.05) is 21.3 Å². The van der Waals surface area contributed by atoms with E-state index >= 15 is 0 Å². The summed E-state index contributed by atoms with van der Waals surface area (Å²) in [5.41, 5.74) is 1.54. The molecule has 0 spiro atoms. The summed E-state index contributed by atoms with van der Waals surface area (Å²) in [6.45, 7) is 4.05. The maximum absolute atomic E-state index is 13.9. The summed E-state index contributed by atoms with van der Waals surface area (Å²) in [6, 6.07) is 8.79. The average molecular weight is 550 g/mol. The number of thiazole rings is 1. The van der Waals surface area contributed by atoms with Crippen molar-refractivity contribution >= 4 is 28.9 Å². The Morgan fingerprint density at radius 2 is 1.77 bits per heavy atom. The Hall–Kier alpha value is -4.25. The van der Waals surface area contributed by atoms with Gasteiger partial charge in [-0.3, -0.25) is 24.3 Å². The number of allylic oxidation sites excluding steroid dienone is 2. The molecule has 1 atom stereocenters. The number of hydrogen-bond donors (Lipinski definition) is 0. The first-order chi connectivity index (χ1) is 18.6. The van der Waals surface area contributed by atoms with Crippen LogP contribution < -0.4 is 29.1 Å². The minimum absolute atomic E-state index is 0.0725. The first-order valence-corrected chi connectivity index (χ1v) is 13.0. The van der Waals surface area contributed by atoms with Crippen LogP contribution in [0.25, 0.3) is 6.08 Å². The number of aromatic nitrogens is 1. The standard InChI is InChI=1S/C28H27N3O7S/c1-28(2)13-18-23(19(32)14-28)24(16-11-20(36-3)25(38-5)21(12-16)37-4)30-26(33)22(39-27(30)29-18)10-15-7-6-8-17(9-15)31(34)35/h6-12,24H,13-14H2,1-5H3. The Kier molecular flexibility index (Phi) is 6.63. The highest BCUT2D eigenvalue weighted by Crippen LogP contribution is 2.46. The molecule has 1 aromatic heterocycles. The summed E-state index contributed by atoms with van der Waals surface area (Å²) < 4.78 is 18.5. The molecule has 11 heteroatoms. The van der Waals surface area contributed by atoms with E-state index in [0.29, 0.717) is 61.8 Å². The molecule has 0 saturated carbocycles. The predicted molar refractivity (Wildman–Crippen MR) is 145 cm³/mol. The fraction of sp³-hybridized carbons (Fsp3) is 0.321. The van der Waals surface area contributed by atoms with Crippen molar-refractivity contribution in [2.24, 2.45) is 10.4 Å². The topological polar surface area (TPSA) is 122 Å². The van der Waals surface area contributed by atoms with Gasteiger partial charge in [0.2, 0.25) is 5.75 Å². The minimum atomic E-state index is -0.763. The van der Waals surface area contributed by atoms with Crippen LogP contribution >= 0.6 is 11.3 Å². The number of hydrogen-bond acceptors (Lipinski definition) is 9. The minimum Gasteiger partial charge on any atom is -0.493 e. The molecule has 1 aliphatic carbocycles. The van der Waals surface area contributed by atoms with Gasteiger partial charge in [-0.05, 0) is 41.2 Å². The van der Waals surface area contributed by atoms with Crippen LogP contribution in [-0.2, 0) is 4.79 Å². The van der Waals surface area contributed by atoms with E-state index in [0.717, 1.165) is 0 Å². The second-order valence-electron chi connectivity index (χ2n) is 10.2. The molecule has 0 radical (unpaired) electrons. The molecule has 3 aromatic rings. The third-order valence-corrected chi connectivity index (χ3v) is 7.86. The van der Waals surface area contributed by atoms with Crippen molar-refractivity contribution in [3.63, 3.8) is 0 Å². The number of non-ortho nitro benzene ring substituents is 1. The van der Waals surface area contributed by atoms with Crippen LogP contribution in [0, 0.1) is 15.5 Å². The van der Waals surface area contributed by atoms with E-state index < -0.39 is 11.0 Å². The first-order valence-electron chi connectivity index (χ1n) is 12.2. The third-order valence-electron chi connectivity index (χ3n) is 6.88. The van der Waals surface area contributed by atoms with E-state index in [1.165, 1.54) is 49.4 Å². The zero-order chi connectivity index (χ0) is 28.1. The van der Waals surface area contributed by atoms with E-state index in [4.69, 9.17) is 19.2 Å². The molecule has 0 fully saturated rings. The van der Waals surface area contributed by atoms with Crippen LogP contribution in [0.5, 0.6) is 17.2 Å². The summed E-state index contributed by atoms with van der Waals surface area (Å²) in [5, 5.41) is 11.3. The summed E-state index contributed by atoms with van der Waals surface area (Å²) in [7, 11) is 4.51. The van der Waals surface area contributed by atoms with Gasteiger partial charge in [-0.1, -0.05) is 37.3 Å². The van der Waals surface area contributed by atoms with E-state index in [9.17, 15) is 19.7 Å². The van der Waals surface area contributed by atoms with Crippen molar-refractivity contribution < 1.29 is 23.9 Å². The second kappa shape index (κ2) is 9.81. The Morgan fingerprint density at radius 1 is 1.08 bits per heavy atom. The largest absolute Gasteiger partial charge is 0.493 e. The molecular formula is C28H27N3O7S. The number of Topliss-reactive ketones (excluding diaryl/α,β-unsaturated/α-hetero) is 1. The van der Waals surface area contributed by atoms with Crippen LogP contribution in [0.15, 0.2) is 57.5 Å². The summed E-state index contributed by atoms with van der Waals surface area (Å²) in [4.78, 5) is 43.5. The zero-order valence-corrected chi connectivity index (χ0v) is 23.0. The van der Waals surface area contributed by atoms with Gasteiger partial charge in [-0.15, -0.1) is 0 Å². The highest BCUT2D eigenvalue weighted by Gasteiger charge is 2.41. The Morgan fingerprint density at radius 3 is 2.38 bits per heavy atom. The van der Waals surface area contributed by atoms with Crippen molar-refractivity contribution in [1.82, 2.24) is 4.57 Å². The van der Waals surface area contributed by atoms with Crippen molar-refractivity contribution in [1.29, 1.82) is 0 Å². The third kappa shape index (κ3) is 4.63. The quantitative estimate of drug-likeness (QED) is 0.340. The van der Waals surface area contributed by atoms with Gasteiger partial charge in [0.25, 0.3) is 11.2 Å². The number of nitro groups is 1. The number of ether oxygens (including phenoxy) is 3. The molecule has 0 amide bonds. The van der Waals surface area contributed by atoms with Crippen molar-refractivity contribution in [3.8, 4) is 17.2 Å². The molecule has 5 rings (SSSR count). The number of benzene rings is 2. The van der Waals surface area contributed by atoms with Crippen LogP contribution in [-0.4, -0.2) is 36.6 Å². The average Bonchev–Trinajstić information content (AvgIpc) is 3.20. The zero-order valence-electron chi connectivity index (χ0n) is 22.1. The molecule has 2 heterocycles. The molecule has 2 aliphatic rings. The van der Waals surface area contributed by atoms with E-state index in [1.54, 1.807) is 30.3 Å². The van der Waals surface area contributed by atoms with Crippen LogP contribution in [0.1, 0.15) is 43.9 Å². The monoisotopic (exact) mass is 549 g/mol. The SMILES string of the molecule is COc1cc(C2C3=C(CC(C)(C)CC3=O)N=c3sc(=Cc4cccc([N+](=O)[O-])c4)c(=O)n32)cc(OC)c1OC. The van der Waals surface area contributed by atoms with Gasteiger partial charge in [0.05, 0.1) is 42.5 Å². The molecular weight excluding hydrogens is 522 g/mol. The molecule has 0 bridgehead atoms. The molecule has 202 valence electrons. The number of nitrogens with zero attached hydrogens (tertiary/aromatic N) is 3. The highest BCUT2D eigenvalue weighted by molar-refractivity contribution is 7.07. The van der Waals surface area contributed by atoms with Crippen LogP contribution in [0.4, 0.5) is 5.69 Å². The van der Waals surface area contributed by atoms with E-state index in [-0.39, 0.29) is 22.4 Å². The smallest absolute Gasteiger partial charge is 0.271 e. The molecule has 2 aromatic carbocycles. The molecule has 39 heavy (non-hydrogen) atoms. The first kappa shape index (κ1) is 26.4. The van der Waals surface area contributed by atoms with Gasteiger partial charge in [-0.2, -0.15) is 0 Å². The van der Waals surface area contributed by atoms with Gasteiger partial charge >= 0.3 is 0 Å². The lowest BCUT2D eigenvalue weighted by molar-refractivity contribution is -0.384. The number of fused-ring (bicyclic) bond motifs is 1. The van der Waals surface area contributed by atoms with Crippen molar-refractivity contribution in [3.05, 3.63) is 88.6 Å². The second-order valence-corrected chi connectivity index (χ2v) is 11.2.